The molecule has 0 bridgehead atoms. The van der Waals surface area contributed by atoms with Crippen molar-refractivity contribution in [1.29, 1.82) is 0 Å². The Hall–Kier alpha value is -1.55. The highest BCUT2D eigenvalue weighted by atomic mass is 16.5. The third kappa shape index (κ3) is 3.59. The lowest BCUT2D eigenvalue weighted by Gasteiger charge is -2.09. The van der Waals surface area contributed by atoms with Gasteiger partial charge < -0.3 is 4.74 Å². The first-order valence-electron chi connectivity index (χ1n) is 4.85. The molecule has 1 aromatic carbocycles. The van der Waals surface area contributed by atoms with Gasteiger partial charge >= 0.3 is 0 Å². The summed E-state index contributed by atoms with van der Waals surface area (Å²) in [5.74, 6) is 5.72. The van der Waals surface area contributed by atoms with Crippen LogP contribution < -0.4 is 16.0 Å². The van der Waals surface area contributed by atoms with Crippen molar-refractivity contribution in [3.05, 3.63) is 29.8 Å². The predicted octanol–water partition coefficient (Wildman–Crippen LogP) is 1.18. The second kappa shape index (κ2) is 5.36. The van der Waals surface area contributed by atoms with Crippen molar-refractivity contribution < 1.29 is 9.53 Å². The van der Waals surface area contributed by atoms with Gasteiger partial charge in [0.05, 0.1) is 0 Å². The van der Waals surface area contributed by atoms with Crippen molar-refractivity contribution in [2.45, 2.75) is 19.8 Å². The molecule has 0 saturated carbocycles. The molecule has 0 fully saturated rings. The zero-order valence-electron chi connectivity index (χ0n) is 8.99. The second-order valence-electron chi connectivity index (χ2n) is 3.58. The van der Waals surface area contributed by atoms with Crippen LogP contribution in [0.4, 0.5) is 0 Å². The number of ether oxygens (including phenoxy) is 1. The minimum atomic E-state index is -0.343. The van der Waals surface area contributed by atoms with E-state index < -0.39 is 0 Å². The minimum absolute atomic E-state index is 0.0575. The van der Waals surface area contributed by atoms with Crippen molar-refractivity contribution in [3.63, 3.8) is 0 Å². The minimum Gasteiger partial charge on any atom is -0.484 e. The van der Waals surface area contributed by atoms with Gasteiger partial charge in [0.25, 0.3) is 5.91 Å². The molecule has 0 atom stereocenters. The molecule has 0 unspecified atom stereocenters. The van der Waals surface area contributed by atoms with E-state index in [-0.39, 0.29) is 12.5 Å². The summed E-state index contributed by atoms with van der Waals surface area (Å²) < 4.78 is 5.26. The summed E-state index contributed by atoms with van der Waals surface area (Å²) in [4.78, 5) is 10.8. The zero-order chi connectivity index (χ0) is 11.3. The molecule has 82 valence electrons. The highest BCUT2D eigenvalue weighted by Gasteiger charge is 2.03. The summed E-state index contributed by atoms with van der Waals surface area (Å²) >= 11 is 0. The van der Waals surface area contributed by atoms with Gasteiger partial charge in [-0.25, -0.2) is 5.84 Å². The Kier molecular flexibility index (Phi) is 4.12. The van der Waals surface area contributed by atoms with Gasteiger partial charge in [0.1, 0.15) is 5.75 Å². The molecule has 4 heteroatoms. The van der Waals surface area contributed by atoms with Crippen LogP contribution in [0.25, 0.3) is 0 Å². The molecule has 0 aromatic heterocycles. The van der Waals surface area contributed by atoms with Crippen molar-refractivity contribution in [1.82, 2.24) is 5.43 Å². The summed E-state index contributed by atoms with van der Waals surface area (Å²) in [7, 11) is 0. The normalized spacial score (nSPS) is 10.1. The largest absolute Gasteiger partial charge is 0.484 e. The first-order chi connectivity index (χ1) is 7.13. The van der Waals surface area contributed by atoms with E-state index >= 15 is 0 Å². The Morgan fingerprint density at radius 3 is 2.87 bits per heavy atom. The first kappa shape index (κ1) is 11.5. The van der Waals surface area contributed by atoms with Gasteiger partial charge in [0.15, 0.2) is 6.61 Å². The van der Waals surface area contributed by atoms with Crippen LogP contribution in [-0.2, 0) is 4.79 Å². The van der Waals surface area contributed by atoms with E-state index in [2.05, 4.69) is 13.8 Å². The van der Waals surface area contributed by atoms with Crippen molar-refractivity contribution >= 4 is 5.91 Å². The lowest BCUT2D eigenvalue weighted by atomic mass is 10.0. The number of carbonyl (C=O) groups is 1. The summed E-state index contributed by atoms with van der Waals surface area (Å²) in [5.41, 5.74) is 3.19. The SMILES string of the molecule is CC(C)c1cccc(OCC(=O)NN)c1. The van der Waals surface area contributed by atoms with Crippen LogP contribution in [-0.4, -0.2) is 12.5 Å². The maximum atomic E-state index is 10.8. The number of nitrogens with one attached hydrogen (secondary N) is 1. The van der Waals surface area contributed by atoms with E-state index in [0.717, 1.165) is 0 Å². The van der Waals surface area contributed by atoms with E-state index in [1.54, 1.807) is 0 Å². The van der Waals surface area contributed by atoms with Gasteiger partial charge in [-0.3, -0.25) is 10.2 Å². The number of amides is 1. The van der Waals surface area contributed by atoms with Gasteiger partial charge in [-0.1, -0.05) is 26.0 Å². The van der Waals surface area contributed by atoms with Crippen LogP contribution in [0.15, 0.2) is 24.3 Å². The van der Waals surface area contributed by atoms with E-state index in [0.29, 0.717) is 11.7 Å². The van der Waals surface area contributed by atoms with Crippen molar-refractivity contribution in [2.75, 3.05) is 6.61 Å². The fourth-order valence-electron chi connectivity index (χ4n) is 1.15. The van der Waals surface area contributed by atoms with Gasteiger partial charge in [-0.05, 0) is 23.6 Å². The van der Waals surface area contributed by atoms with Gasteiger partial charge in [-0.2, -0.15) is 0 Å². The lowest BCUT2D eigenvalue weighted by molar-refractivity contribution is -0.123. The Bertz CT molecular complexity index is 337. The molecule has 0 aliphatic rings. The van der Waals surface area contributed by atoms with Crippen LogP contribution in [0.5, 0.6) is 5.75 Å². The number of benzene rings is 1. The standard InChI is InChI=1S/C11H16N2O2/c1-8(2)9-4-3-5-10(6-9)15-7-11(14)13-12/h3-6,8H,7,12H2,1-2H3,(H,13,14). The van der Waals surface area contributed by atoms with Crippen molar-refractivity contribution in [3.8, 4) is 5.75 Å². The Morgan fingerprint density at radius 2 is 2.27 bits per heavy atom. The van der Waals surface area contributed by atoms with Crippen LogP contribution in [0.1, 0.15) is 25.3 Å². The Morgan fingerprint density at radius 1 is 1.53 bits per heavy atom. The average Bonchev–Trinajstić information content (AvgIpc) is 2.26. The highest BCUT2D eigenvalue weighted by Crippen LogP contribution is 2.19. The molecule has 3 N–H and O–H groups in total. The van der Waals surface area contributed by atoms with Crippen LogP contribution >= 0.6 is 0 Å². The third-order valence-electron chi connectivity index (χ3n) is 2.06. The predicted molar refractivity (Wildman–Crippen MR) is 58.4 cm³/mol. The number of nitrogens with two attached hydrogens (primary N) is 1. The highest BCUT2D eigenvalue weighted by molar-refractivity contribution is 5.76. The van der Waals surface area contributed by atoms with Crippen LogP contribution in [0.2, 0.25) is 0 Å². The smallest absolute Gasteiger partial charge is 0.271 e. The number of hydrogen-bond donors (Lipinski definition) is 2. The number of hydrazine groups is 1. The molecular formula is C11H16N2O2. The topological polar surface area (TPSA) is 64.3 Å². The molecule has 15 heavy (non-hydrogen) atoms. The quantitative estimate of drug-likeness (QED) is 0.443. The molecule has 0 radical (unpaired) electrons. The van der Waals surface area contributed by atoms with Gasteiger partial charge in [0.2, 0.25) is 0 Å². The zero-order valence-corrected chi connectivity index (χ0v) is 8.99. The number of carbonyl (C=O) groups excluding carboxylic acids is 1. The third-order valence-corrected chi connectivity index (χ3v) is 2.06. The maximum absolute atomic E-state index is 10.8. The molecule has 1 aromatic rings. The molecule has 0 aliphatic heterocycles. The molecule has 1 rings (SSSR count). The number of hydrogen-bond acceptors (Lipinski definition) is 3. The molecule has 0 aliphatic carbocycles. The van der Waals surface area contributed by atoms with Crippen LogP contribution in [0.3, 0.4) is 0 Å². The second-order valence-corrected chi connectivity index (χ2v) is 3.58. The summed E-state index contributed by atoms with van der Waals surface area (Å²) in [6.07, 6.45) is 0. The van der Waals surface area contributed by atoms with Crippen molar-refractivity contribution in [2.24, 2.45) is 5.84 Å². The maximum Gasteiger partial charge on any atom is 0.271 e. The monoisotopic (exact) mass is 208 g/mol. The first-order valence-corrected chi connectivity index (χ1v) is 4.85. The van der Waals surface area contributed by atoms with E-state index in [9.17, 15) is 4.79 Å². The van der Waals surface area contributed by atoms with Gasteiger partial charge in [-0.15, -0.1) is 0 Å². The van der Waals surface area contributed by atoms with E-state index in [1.807, 2.05) is 29.7 Å². The molecule has 4 nitrogen and oxygen atoms in total. The fourth-order valence-corrected chi connectivity index (χ4v) is 1.15. The van der Waals surface area contributed by atoms with Gasteiger partial charge in [0, 0.05) is 0 Å². The molecular weight excluding hydrogens is 192 g/mol. The fraction of sp³-hybridized carbons (Fsp3) is 0.364. The van der Waals surface area contributed by atoms with E-state index in [1.165, 1.54) is 5.56 Å². The molecule has 0 saturated heterocycles. The summed E-state index contributed by atoms with van der Waals surface area (Å²) in [5, 5.41) is 0. The summed E-state index contributed by atoms with van der Waals surface area (Å²) in [6.45, 7) is 4.15. The number of rotatable bonds is 4. The molecule has 0 heterocycles. The lowest BCUT2D eigenvalue weighted by Crippen LogP contribution is -2.34. The Balaban J connectivity index is 2.61. The average molecular weight is 208 g/mol. The summed E-state index contributed by atoms with van der Waals surface area (Å²) in [6, 6.07) is 7.68. The van der Waals surface area contributed by atoms with Crippen LogP contribution in [0, 0.1) is 0 Å². The molecule has 1 amide bonds. The molecule has 0 spiro atoms. The Labute approximate surface area is 89.4 Å². The van der Waals surface area contributed by atoms with E-state index in [4.69, 9.17) is 10.6 Å².